The molecule has 2 rings (SSSR count). The first-order chi connectivity index (χ1) is 8.81. The Balaban J connectivity index is 0.00000180. The third kappa shape index (κ3) is 4.66. The first-order valence-electron chi connectivity index (χ1n) is 6.29. The van der Waals surface area contributed by atoms with E-state index >= 15 is 0 Å². The quantitative estimate of drug-likeness (QED) is 0.543. The van der Waals surface area contributed by atoms with E-state index in [-0.39, 0.29) is 34.5 Å². The van der Waals surface area contributed by atoms with Crippen LogP contribution in [0.1, 0.15) is 36.0 Å². The molecule has 3 heteroatoms. The molecule has 2 aromatic carbocycles. The fraction of sp³-hybridized carbons (Fsp3) is 0.250. The summed E-state index contributed by atoms with van der Waals surface area (Å²) >= 11 is 0. The van der Waals surface area contributed by atoms with E-state index in [1.807, 2.05) is 24.3 Å². The fourth-order valence-electron chi connectivity index (χ4n) is 2.21. The maximum absolute atomic E-state index is 11.4. The molecule has 0 aliphatic carbocycles. The summed E-state index contributed by atoms with van der Waals surface area (Å²) in [7, 11) is -0.286. The van der Waals surface area contributed by atoms with E-state index in [1.165, 1.54) is 11.1 Å². The van der Waals surface area contributed by atoms with Gasteiger partial charge in [-0.25, -0.2) is 0 Å². The van der Waals surface area contributed by atoms with Gasteiger partial charge in [-0.3, -0.25) is 0 Å². The fourth-order valence-corrected chi connectivity index (χ4v) is 2.99. The molecule has 0 radical (unpaired) electrons. The molecule has 0 spiro atoms. The van der Waals surface area contributed by atoms with Crippen molar-refractivity contribution >= 4 is 8.46 Å². The van der Waals surface area contributed by atoms with E-state index in [9.17, 15) is 4.57 Å². The molecule has 0 bridgehead atoms. The molecule has 102 valence electrons. The Morgan fingerprint density at radius 3 is 1.84 bits per heavy atom. The van der Waals surface area contributed by atoms with Gasteiger partial charge in [-0.15, -0.1) is 0 Å². The zero-order valence-electron chi connectivity index (χ0n) is 10.9. The summed E-state index contributed by atoms with van der Waals surface area (Å²) < 4.78 is 11.4. The second kappa shape index (κ2) is 8.39. The third-order valence-electron chi connectivity index (χ3n) is 3.30. The van der Waals surface area contributed by atoms with Gasteiger partial charge < -0.3 is 0 Å². The van der Waals surface area contributed by atoms with Crippen molar-refractivity contribution in [3.05, 3.63) is 71.8 Å². The first kappa shape index (κ1) is 16.3. The largest absolute Gasteiger partial charge is 0.332 e. The number of hydrogen-bond acceptors (Lipinski definition) is 1. The zero-order valence-corrected chi connectivity index (χ0v) is 13.4. The summed E-state index contributed by atoms with van der Waals surface area (Å²) in [4.78, 5) is 0. The van der Waals surface area contributed by atoms with Crippen molar-refractivity contribution in [3.63, 3.8) is 0 Å². The van der Waals surface area contributed by atoms with Crippen LogP contribution in [0.2, 0.25) is 0 Å². The summed E-state index contributed by atoms with van der Waals surface area (Å²) in [5.41, 5.74) is 2.63. The second-order valence-corrected chi connectivity index (χ2v) is 5.56. The minimum Gasteiger partial charge on any atom is -0.0768 e. The van der Waals surface area contributed by atoms with Gasteiger partial charge in [-0.1, -0.05) is 72.2 Å². The summed E-state index contributed by atoms with van der Waals surface area (Å²) in [5.74, 6) is 0.429. The maximum atomic E-state index is 11.4. The third-order valence-corrected chi connectivity index (χ3v) is 4.16. The van der Waals surface area contributed by atoms with Gasteiger partial charge >= 0.3 is 8.46 Å². The standard InChI is InChI=1S/C16H17OP.Pd/c1-13(14-8-4-2-5-9-14)12-16(18-17)15-10-6-3-7-11-15;/h2-11,13,16H,12H2,1H3;/p+1. The van der Waals surface area contributed by atoms with Crippen molar-refractivity contribution < 1.29 is 25.0 Å². The minimum absolute atomic E-state index is 0. The van der Waals surface area contributed by atoms with Crippen LogP contribution in [0.4, 0.5) is 0 Å². The smallest absolute Gasteiger partial charge is 0.0768 e. The Hall–Kier alpha value is -0.798. The molecule has 3 atom stereocenters. The van der Waals surface area contributed by atoms with Crippen molar-refractivity contribution in [1.29, 1.82) is 0 Å². The van der Waals surface area contributed by atoms with Crippen LogP contribution < -0.4 is 0 Å². The first-order valence-corrected chi connectivity index (χ1v) is 7.27. The number of hydrogen-bond donors (Lipinski definition) is 0. The molecule has 2 aromatic rings. The molecule has 0 aliphatic rings. The molecule has 19 heavy (non-hydrogen) atoms. The zero-order chi connectivity index (χ0) is 12.8. The number of benzene rings is 2. The van der Waals surface area contributed by atoms with Crippen molar-refractivity contribution in [2.45, 2.75) is 24.9 Å². The molecular formula is C16H18OPPd+. The SMILES string of the molecule is CC(CC([PH+]=O)c1ccccc1)c1ccccc1.[Pd]. The molecule has 0 heterocycles. The van der Waals surface area contributed by atoms with Crippen LogP contribution in [0.5, 0.6) is 0 Å². The predicted octanol–water partition coefficient (Wildman–Crippen LogP) is 4.94. The molecule has 0 aliphatic heterocycles. The molecule has 0 aromatic heterocycles. The average molecular weight is 364 g/mol. The van der Waals surface area contributed by atoms with Gasteiger partial charge in [0.2, 0.25) is 0 Å². The topological polar surface area (TPSA) is 17.1 Å². The number of rotatable bonds is 5. The Labute approximate surface area is 130 Å². The van der Waals surface area contributed by atoms with Crippen molar-refractivity contribution in [2.24, 2.45) is 0 Å². The minimum atomic E-state index is -0.286. The van der Waals surface area contributed by atoms with Gasteiger partial charge in [0.1, 0.15) is 0 Å². The van der Waals surface area contributed by atoms with Crippen LogP contribution in [0.25, 0.3) is 0 Å². The molecule has 1 nitrogen and oxygen atoms in total. The van der Waals surface area contributed by atoms with Crippen LogP contribution in [0, 0.1) is 0 Å². The van der Waals surface area contributed by atoms with Crippen LogP contribution in [-0.4, -0.2) is 0 Å². The molecular weight excluding hydrogens is 346 g/mol. The summed E-state index contributed by atoms with van der Waals surface area (Å²) in [6, 6.07) is 20.6. The molecule has 0 N–H and O–H groups in total. The molecule has 0 saturated heterocycles. The van der Waals surface area contributed by atoms with Gasteiger partial charge in [0.15, 0.2) is 5.66 Å². The van der Waals surface area contributed by atoms with E-state index in [0.717, 1.165) is 6.42 Å². The summed E-state index contributed by atoms with van der Waals surface area (Å²) in [6.07, 6.45) is 0.927. The monoisotopic (exact) mass is 363 g/mol. The van der Waals surface area contributed by atoms with Crippen LogP contribution in [0.3, 0.4) is 0 Å². The molecule has 3 unspecified atom stereocenters. The summed E-state index contributed by atoms with van der Waals surface area (Å²) in [5, 5.41) is 0. The van der Waals surface area contributed by atoms with Crippen molar-refractivity contribution in [1.82, 2.24) is 0 Å². The van der Waals surface area contributed by atoms with E-state index in [2.05, 4.69) is 43.3 Å². The van der Waals surface area contributed by atoms with Gasteiger partial charge in [0, 0.05) is 32.4 Å². The van der Waals surface area contributed by atoms with E-state index < -0.39 is 0 Å². The van der Waals surface area contributed by atoms with Crippen molar-refractivity contribution in [3.8, 4) is 0 Å². The van der Waals surface area contributed by atoms with E-state index in [0.29, 0.717) is 5.92 Å². The Kier molecular flexibility index (Phi) is 7.18. The average Bonchev–Trinajstić information content (AvgIpc) is 2.46. The van der Waals surface area contributed by atoms with Gasteiger partial charge in [0.25, 0.3) is 0 Å². The molecule has 0 fully saturated rings. The second-order valence-electron chi connectivity index (χ2n) is 4.63. The van der Waals surface area contributed by atoms with E-state index in [4.69, 9.17) is 0 Å². The molecule has 0 amide bonds. The van der Waals surface area contributed by atoms with Crippen LogP contribution in [-0.2, 0) is 25.0 Å². The van der Waals surface area contributed by atoms with Crippen molar-refractivity contribution in [2.75, 3.05) is 0 Å². The Bertz CT molecular complexity index is 487. The van der Waals surface area contributed by atoms with E-state index in [1.54, 1.807) is 0 Å². The van der Waals surface area contributed by atoms with Crippen LogP contribution in [0.15, 0.2) is 60.7 Å². The Morgan fingerprint density at radius 1 is 0.895 bits per heavy atom. The normalized spacial score (nSPS) is 13.5. The predicted molar refractivity (Wildman–Crippen MR) is 77.7 cm³/mol. The summed E-state index contributed by atoms with van der Waals surface area (Å²) in [6.45, 7) is 2.20. The van der Waals surface area contributed by atoms with Gasteiger partial charge in [0.05, 0.1) is 0 Å². The molecule has 0 saturated carbocycles. The maximum Gasteiger partial charge on any atom is 0.332 e. The van der Waals surface area contributed by atoms with Crippen LogP contribution >= 0.6 is 8.46 Å². The Morgan fingerprint density at radius 2 is 1.37 bits per heavy atom. The van der Waals surface area contributed by atoms with Gasteiger partial charge in [-0.05, 0) is 11.5 Å². The van der Waals surface area contributed by atoms with Gasteiger partial charge in [-0.2, -0.15) is 0 Å².